The van der Waals surface area contributed by atoms with E-state index in [9.17, 15) is 18.0 Å². The van der Waals surface area contributed by atoms with Gasteiger partial charge in [-0.15, -0.1) is 0 Å². The summed E-state index contributed by atoms with van der Waals surface area (Å²) in [4.78, 5) is 28.3. The first-order valence-corrected chi connectivity index (χ1v) is 14.0. The zero-order chi connectivity index (χ0) is 27.7. The number of anilines is 1. The molecule has 0 saturated heterocycles. The minimum atomic E-state index is -4.15. The van der Waals surface area contributed by atoms with Crippen LogP contribution in [0.3, 0.4) is 0 Å². The molecule has 0 heterocycles. The van der Waals surface area contributed by atoms with Crippen molar-refractivity contribution in [2.45, 2.75) is 44.7 Å². The Hall–Kier alpha value is -3.85. The Balaban J connectivity index is 2.04. The Kier molecular flexibility index (Phi) is 9.90. The average Bonchev–Trinajstić information content (AvgIpc) is 2.93. The van der Waals surface area contributed by atoms with Gasteiger partial charge >= 0.3 is 0 Å². The van der Waals surface area contributed by atoms with Gasteiger partial charge in [0, 0.05) is 13.1 Å². The third-order valence-electron chi connectivity index (χ3n) is 6.12. The molecular formula is C29H35N3O5S. The lowest BCUT2D eigenvalue weighted by molar-refractivity contribution is -0.139. The summed E-state index contributed by atoms with van der Waals surface area (Å²) in [5.74, 6) is -0.516. The summed E-state index contributed by atoms with van der Waals surface area (Å²) < 4.78 is 34.1. The number of benzene rings is 3. The molecular weight excluding hydrogens is 502 g/mol. The lowest BCUT2D eigenvalue weighted by Crippen LogP contribution is -2.51. The van der Waals surface area contributed by atoms with E-state index in [1.54, 1.807) is 49.4 Å². The van der Waals surface area contributed by atoms with Gasteiger partial charge in [-0.1, -0.05) is 67.1 Å². The van der Waals surface area contributed by atoms with Crippen LogP contribution >= 0.6 is 0 Å². The quantitative estimate of drug-likeness (QED) is 0.375. The number of para-hydroxylation sites is 2. The Morgan fingerprint density at radius 2 is 1.66 bits per heavy atom. The molecule has 0 spiro atoms. The monoisotopic (exact) mass is 537 g/mol. The van der Waals surface area contributed by atoms with E-state index >= 15 is 0 Å². The van der Waals surface area contributed by atoms with E-state index in [1.165, 1.54) is 24.1 Å². The van der Waals surface area contributed by atoms with Gasteiger partial charge in [0.25, 0.3) is 10.0 Å². The van der Waals surface area contributed by atoms with Crippen molar-refractivity contribution in [3.05, 3.63) is 90.0 Å². The zero-order valence-electron chi connectivity index (χ0n) is 22.3. The van der Waals surface area contributed by atoms with Crippen molar-refractivity contribution in [2.75, 3.05) is 24.5 Å². The van der Waals surface area contributed by atoms with E-state index in [2.05, 4.69) is 5.32 Å². The fourth-order valence-electron chi connectivity index (χ4n) is 4.05. The Labute approximate surface area is 225 Å². The van der Waals surface area contributed by atoms with E-state index < -0.39 is 28.5 Å². The number of methoxy groups -OCH3 is 1. The summed E-state index contributed by atoms with van der Waals surface area (Å²) in [5, 5.41) is 2.84. The summed E-state index contributed by atoms with van der Waals surface area (Å²) in [6, 6.07) is 21.4. The predicted molar refractivity (Wildman–Crippen MR) is 148 cm³/mol. The second-order valence-corrected chi connectivity index (χ2v) is 10.8. The highest BCUT2D eigenvalue weighted by atomic mass is 32.2. The smallest absolute Gasteiger partial charge is 0.264 e. The molecule has 0 aliphatic carbocycles. The standard InChI is InChI=1S/C29H35N3O5S/c1-5-18-30-29(34)23(3)31(20-24-13-11-12-22(2)19-24)28(33)21-32(26-16-9-10-17-27(26)37-4)38(35,36)25-14-7-6-8-15-25/h6-17,19,23H,5,18,20-21H2,1-4H3,(H,30,34). The van der Waals surface area contributed by atoms with Crippen LogP contribution in [-0.2, 0) is 26.2 Å². The second-order valence-electron chi connectivity index (χ2n) is 8.97. The maximum absolute atomic E-state index is 13.9. The molecule has 0 radical (unpaired) electrons. The number of hydrogen-bond acceptors (Lipinski definition) is 5. The highest BCUT2D eigenvalue weighted by Gasteiger charge is 2.33. The Bertz CT molecular complexity index is 1350. The number of aryl methyl sites for hydroxylation is 1. The number of carbonyl (C=O) groups excluding carboxylic acids is 2. The van der Waals surface area contributed by atoms with Crippen LogP contribution in [0.5, 0.6) is 5.75 Å². The number of ether oxygens (including phenoxy) is 1. The number of sulfonamides is 1. The summed E-state index contributed by atoms with van der Waals surface area (Å²) in [5.41, 5.74) is 2.08. The van der Waals surface area contributed by atoms with Crippen molar-refractivity contribution in [3.63, 3.8) is 0 Å². The van der Waals surface area contributed by atoms with Crippen molar-refractivity contribution in [1.29, 1.82) is 0 Å². The minimum absolute atomic E-state index is 0.0395. The maximum atomic E-state index is 13.9. The van der Waals surface area contributed by atoms with Gasteiger partial charge in [0.15, 0.2) is 0 Å². The summed E-state index contributed by atoms with van der Waals surface area (Å²) in [6.07, 6.45) is 0.751. The largest absolute Gasteiger partial charge is 0.495 e. The van der Waals surface area contributed by atoms with Crippen LogP contribution in [0.4, 0.5) is 5.69 Å². The molecule has 1 unspecified atom stereocenters. The molecule has 0 aromatic heterocycles. The first-order chi connectivity index (χ1) is 18.2. The SMILES string of the molecule is CCCNC(=O)C(C)N(Cc1cccc(C)c1)C(=O)CN(c1ccccc1OC)S(=O)(=O)c1ccccc1. The maximum Gasteiger partial charge on any atom is 0.264 e. The van der Waals surface area contributed by atoms with Crippen LogP contribution in [-0.4, -0.2) is 51.4 Å². The van der Waals surface area contributed by atoms with Gasteiger partial charge in [-0.2, -0.15) is 0 Å². The summed E-state index contributed by atoms with van der Waals surface area (Å²) >= 11 is 0. The molecule has 0 bridgehead atoms. The first kappa shape index (κ1) is 28.7. The number of nitrogens with zero attached hydrogens (tertiary/aromatic N) is 2. The van der Waals surface area contributed by atoms with E-state index in [-0.39, 0.29) is 23.0 Å². The molecule has 9 heteroatoms. The Morgan fingerprint density at radius 3 is 2.32 bits per heavy atom. The molecule has 3 aromatic carbocycles. The fraction of sp³-hybridized carbons (Fsp3) is 0.310. The van der Waals surface area contributed by atoms with Crippen molar-refractivity contribution >= 4 is 27.5 Å². The number of nitrogens with one attached hydrogen (secondary N) is 1. The lowest BCUT2D eigenvalue weighted by Gasteiger charge is -2.32. The van der Waals surface area contributed by atoms with Crippen LogP contribution in [0.25, 0.3) is 0 Å². The van der Waals surface area contributed by atoms with Crippen molar-refractivity contribution < 1.29 is 22.7 Å². The molecule has 8 nitrogen and oxygen atoms in total. The van der Waals surface area contributed by atoms with Crippen LogP contribution < -0.4 is 14.4 Å². The molecule has 202 valence electrons. The molecule has 0 fully saturated rings. The van der Waals surface area contributed by atoms with E-state index in [0.717, 1.165) is 21.9 Å². The normalized spacial score (nSPS) is 11.9. The third-order valence-corrected chi connectivity index (χ3v) is 7.89. The predicted octanol–water partition coefficient (Wildman–Crippen LogP) is 4.14. The second kappa shape index (κ2) is 13.1. The van der Waals surface area contributed by atoms with Gasteiger partial charge in [-0.25, -0.2) is 8.42 Å². The third kappa shape index (κ3) is 6.92. The van der Waals surface area contributed by atoms with Gasteiger partial charge in [-0.3, -0.25) is 13.9 Å². The molecule has 3 aromatic rings. The summed E-state index contributed by atoms with van der Waals surface area (Å²) in [7, 11) is -2.71. The molecule has 2 amide bonds. The number of rotatable bonds is 12. The van der Waals surface area contributed by atoms with Crippen LogP contribution in [0, 0.1) is 6.92 Å². The van der Waals surface area contributed by atoms with E-state index in [1.807, 2.05) is 38.1 Å². The molecule has 0 saturated carbocycles. The van der Waals surface area contributed by atoms with Gasteiger partial charge < -0.3 is 15.0 Å². The highest BCUT2D eigenvalue weighted by molar-refractivity contribution is 7.92. The van der Waals surface area contributed by atoms with Crippen molar-refractivity contribution in [2.24, 2.45) is 0 Å². The molecule has 0 aliphatic rings. The molecule has 0 aliphatic heterocycles. The van der Waals surface area contributed by atoms with Gasteiger partial charge in [-0.05, 0) is 50.1 Å². The number of hydrogen-bond donors (Lipinski definition) is 1. The van der Waals surface area contributed by atoms with Crippen LogP contribution in [0.1, 0.15) is 31.4 Å². The molecule has 38 heavy (non-hydrogen) atoms. The summed E-state index contributed by atoms with van der Waals surface area (Å²) in [6.45, 7) is 5.65. The van der Waals surface area contributed by atoms with Gasteiger partial charge in [0.05, 0.1) is 17.7 Å². The highest BCUT2D eigenvalue weighted by Crippen LogP contribution is 2.32. The Morgan fingerprint density at radius 1 is 0.974 bits per heavy atom. The van der Waals surface area contributed by atoms with Crippen molar-refractivity contribution in [3.8, 4) is 5.75 Å². The molecule has 1 N–H and O–H groups in total. The van der Waals surface area contributed by atoms with Crippen LogP contribution in [0.2, 0.25) is 0 Å². The topological polar surface area (TPSA) is 96.0 Å². The first-order valence-electron chi connectivity index (χ1n) is 12.5. The van der Waals surface area contributed by atoms with E-state index in [0.29, 0.717) is 12.3 Å². The van der Waals surface area contributed by atoms with Gasteiger partial charge in [0.1, 0.15) is 18.3 Å². The molecule has 3 rings (SSSR count). The molecule has 1 atom stereocenters. The zero-order valence-corrected chi connectivity index (χ0v) is 23.1. The van der Waals surface area contributed by atoms with E-state index in [4.69, 9.17) is 4.74 Å². The lowest BCUT2D eigenvalue weighted by atomic mass is 10.1. The van der Waals surface area contributed by atoms with Gasteiger partial charge in [0.2, 0.25) is 11.8 Å². The fourth-order valence-corrected chi connectivity index (χ4v) is 5.50. The number of carbonyl (C=O) groups is 2. The van der Waals surface area contributed by atoms with Crippen LogP contribution in [0.15, 0.2) is 83.8 Å². The van der Waals surface area contributed by atoms with Crippen molar-refractivity contribution in [1.82, 2.24) is 10.2 Å². The average molecular weight is 538 g/mol. The minimum Gasteiger partial charge on any atom is -0.495 e. The number of amides is 2.